The first-order valence-corrected chi connectivity index (χ1v) is 7.87. The number of hydrogen-bond acceptors (Lipinski definition) is 4. The summed E-state index contributed by atoms with van der Waals surface area (Å²) >= 11 is 0. The standard InChI is InChI=1S/C13H21O4P/c1-4-6-12-7-9-13(10-8-12)16-11-18(14,15-3)17-5-2/h7-10H,4-6,11H2,1-3H3. The number of ether oxygens (including phenoxy) is 1. The van der Waals surface area contributed by atoms with Gasteiger partial charge >= 0.3 is 7.60 Å². The molecular formula is C13H21O4P. The minimum atomic E-state index is -3.11. The summed E-state index contributed by atoms with van der Waals surface area (Å²) in [7, 11) is -1.75. The Labute approximate surface area is 109 Å². The van der Waals surface area contributed by atoms with Gasteiger partial charge in [0, 0.05) is 7.11 Å². The maximum atomic E-state index is 12.0. The minimum Gasteiger partial charge on any atom is -0.481 e. The van der Waals surface area contributed by atoms with E-state index in [1.54, 1.807) is 6.92 Å². The van der Waals surface area contributed by atoms with Crippen LogP contribution in [0.2, 0.25) is 0 Å². The molecular weight excluding hydrogens is 251 g/mol. The van der Waals surface area contributed by atoms with Crippen LogP contribution in [0.4, 0.5) is 0 Å². The average molecular weight is 272 g/mol. The number of hydrogen-bond donors (Lipinski definition) is 0. The molecule has 0 aliphatic carbocycles. The van der Waals surface area contributed by atoms with Crippen LogP contribution in [0.3, 0.4) is 0 Å². The molecule has 18 heavy (non-hydrogen) atoms. The average Bonchev–Trinajstić information content (AvgIpc) is 2.39. The Hall–Kier alpha value is -0.830. The van der Waals surface area contributed by atoms with Crippen molar-refractivity contribution in [3.63, 3.8) is 0 Å². The Morgan fingerprint density at radius 3 is 2.33 bits per heavy atom. The summed E-state index contributed by atoms with van der Waals surface area (Å²) in [5.74, 6) is 0.673. The molecule has 0 aliphatic heterocycles. The summed E-state index contributed by atoms with van der Waals surface area (Å²) < 4.78 is 27.3. The molecule has 0 aromatic heterocycles. The maximum Gasteiger partial charge on any atom is 0.367 e. The lowest BCUT2D eigenvalue weighted by atomic mass is 10.1. The molecule has 0 amide bonds. The van der Waals surface area contributed by atoms with Gasteiger partial charge in [-0.1, -0.05) is 25.5 Å². The van der Waals surface area contributed by atoms with Gasteiger partial charge in [-0.05, 0) is 31.0 Å². The molecule has 1 rings (SSSR count). The van der Waals surface area contributed by atoms with Gasteiger partial charge in [0.25, 0.3) is 0 Å². The van der Waals surface area contributed by atoms with Crippen molar-refractivity contribution in [1.29, 1.82) is 0 Å². The van der Waals surface area contributed by atoms with Gasteiger partial charge < -0.3 is 13.8 Å². The SMILES string of the molecule is CCCc1ccc(OCP(=O)(OC)OCC)cc1. The fourth-order valence-corrected chi connectivity index (χ4v) is 2.52. The predicted octanol–water partition coefficient (Wildman–Crippen LogP) is 3.85. The fourth-order valence-electron chi connectivity index (χ4n) is 1.53. The molecule has 1 atom stereocenters. The van der Waals surface area contributed by atoms with Crippen LogP contribution >= 0.6 is 7.60 Å². The van der Waals surface area contributed by atoms with Crippen molar-refractivity contribution in [1.82, 2.24) is 0 Å². The van der Waals surface area contributed by atoms with Gasteiger partial charge in [-0.2, -0.15) is 0 Å². The summed E-state index contributed by atoms with van der Waals surface area (Å²) in [6.45, 7) is 4.25. The number of benzene rings is 1. The van der Waals surface area contributed by atoms with Crippen LogP contribution in [0.1, 0.15) is 25.8 Å². The molecule has 0 saturated heterocycles. The van der Waals surface area contributed by atoms with Crippen LogP contribution in [-0.4, -0.2) is 20.1 Å². The molecule has 1 aromatic carbocycles. The Morgan fingerprint density at radius 1 is 1.17 bits per heavy atom. The van der Waals surface area contributed by atoms with Gasteiger partial charge in [-0.15, -0.1) is 0 Å². The minimum absolute atomic E-state index is 0.0650. The molecule has 0 saturated carbocycles. The van der Waals surface area contributed by atoms with Gasteiger partial charge in [-0.3, -0.25) is 4.57 Å². The zero-order chi connectivity index (χ0) is 13.4. The molecule has 0 fully saturated rings. The highest BCUT2D eigenvalue weighted by Gasteiger charge is 2.23. The molecule has 0 aliphatic rings. The molecule has 102 valence electrons. The van der Waals surface area contributed by atoms with E-state index in [0.717, 1.165) is 12.8 Å². The highest BCUT2D eigenvalue weighted by Crippen LogP contribution is 2.46. The molecule has 1 unspecified atom stereocenters. The molecule has 0 N–H and O–H groups in total. The van der Waals surface area contributed by atoms with E-state index in [4.69, 9.17) is 13.8 Å². The first-order chi connectivity index (χ1) is 8.63. The molecule has 0 heterocycles. The van der Waals surface area contributed by atoms with Crippen molar-refractivity contribution >= 4 is 7.60 Å². The van der Waals surface area contributed by atoms with Crippen LogP contribution in [0.5, 0.6) is 5.75 Å². The second-order valence-corrected chi connectivity index (χ2v) is 5.98. The van der Waals surface area contributed by atoms with Crippen molar-refractivity contribution in [3.8, 4) is 5.75 Å². The van der Waals surface area contributed by atoms with Gasteiger partial charge in [0.05, 0.1) is 6.61 Å². The lowest BCUT2D eigenvalue weighted by molar-refractivity contribution is 0.217. The highest BCUT2D eigenvalue weighted by atomic mass is 31.2. The van der Waals surface area contributed by atoms with Gasteiger partial charge in [0.1, 0.15) is 5.75 Å². The number of rotatable bonds is 8. The molecule has 0 spiro atoms. The van der Waals surface area contributed by atoms with Crippen molar-refractivity contribution in [2.24, 2.45) is 0 Å². The molecule has 4 nitrogen and oxygen atoms in total. The van der Waals surface area contributed by atoms with Crippen LogP contribution in [0.15, 0.2) is 24.3 Å². The Bertz CT molecular complexity index is 388. The first kappa shape index (κ1) is 15.2. The van der Waals surface area contributed by atoms with Crippen LogP contribution in [0.25, 0.3) is 0 Å². The third kappa shape index (κ3) is 4.81. The molecule has 0 radical (unpaired) electrons. The van der Waals surface area contributed by atoms with Crippen LogP contribution in [0, 0.1) is 0 Å². The van der Waals surface area contributed by atoms with E-state index in [9.17, 15) is 4.57 Å². The van der Waals surface area contributed by atoms with E-state index < -0.39 is 7.60 Å². The Kier molecular flexibility index (Phi) is 6.41. The van der Waals surface area contributed by atoms with Crippen LogP contribution < -0.4 is 4.74 Å². The normalized spacial score (nSPS) is 14.2. The van der Waals surface area contributed by atoms with Crippen LogP contribution in [-0.2, 0) is 20.0 Å². The second kappa shape index (κ2) is 7.57. The van der Waals surface area contributed by atoms with Crippen molar-refractivity contribution in [2.45, 2.75) is 26.7 Å². The summed E-state index contributed by atoms with van der Waals surface area (Å²) in [6.07, 6.45) is 2.10. The summed E-state index contributed by atoms with van der Waals surface area (Å²) in [5, 5.41) is 0. The summed E-state index contributed by atoms with van der Waals surface area (Å²) in [6, 6.07) is 7.77. The van der Waals surface area contributed by atoms with E-state index in [1.165, 1.54) is 12.7 Å². The van der Waals surface area contributed by atoms with Crippen molar-refractivity contribution in [2.75, 3.05) is 20.1 Å². The van der Waals surface area contributed by atoms with Gasteiger partial charge in [-0.25, -0.2) is 0 Å². The topological polar surface area (TPSA) is 44.8 Å². The van der Waals surface area contributed by atoms with E-state index in [0.29, 0.717) is 12.4 Å². The summed E-state index contributed by atoms with van der Waals surface area (Å²) in [5.41, 5.74) is 1.27. The summed E-state index contributed by atoms with van der Waals surface area (Å²) in [4.78, 5) is 0. The molecule has 5 heteroatoms. The first-order valence-electron chi connectivity index (χ1n) is 6.14. The monoisotopic (exact) mass is 272 g/mol. The maximum absolute atomic E-state index is 12.0. The van der Waals surface area contributed by atoms with Crippen molar-refractivity contribution < 1.29 is 18.3 Å². The third-order valence-corrected chi connectivity index (χ3v) is 4.11. The smallest absolute Gasteiger partial charge is 0.367 e. The second-order valence-electron chi connectivity index (χ2n) is 3.88. The third-order valence-electron chi connectivity index (χ3n) is 2.46. The van der Waals surface area contributed by atoms with E-state index in [2.05, 4.69) is 6.92 Å². The van der Waals surface area contributed by atoms with E-state index in [-0.39, 0.29) is 6.35 Å². The Balaban J connectivity index is 2.54. The largest absolute Gasteiger partial charge is 0.481 e. The molecule has 0 bridgehead atoms. The van der Waals surface area contributed by atoms with Gasteiger partial charge in [0.15, 0.2) is 6.35 Å². The van der Waals surface area contributed by atoms with E-state index in [1.807, 2.05) is 24.3 Å². The van der Waals surface area contributed by atoms with Gasteiger partial charge in [0.2, 0.25) is 0 Å². The Morgan fingerprint density at radius 2 is 1.83 bits per heavy atom. The predicted molar refractivity (Wildman–Crippen MR) is 72.2 cm³/mol. The molecule has 1 aromatic rings. The highest BCUT2D eigenvalue weighted by molar-refractivity contribution is 7.53. The lowest BCUT2D eigenvalue weighted by Gasteiger charge is -2.16. The number of aryl methyl sites for hydroxylation is 1. The van der Waals surface area contributed by atoms with Crippen molar-refractivity contribution in [3.05, 3.63) is 29.8 Å². The quantitative estimate of drug-likeness (QED) is 0.674. The lowest BCUT2D eigenvalue weighted by Crippen LogP contribution is -2.04. The fraction of sp³-hybridized carbons (Fsp3) is 0.538. The zero-order valence-electron chi connectivity index (χ0n) is 11.2. The van der Waals surface area contributed by atoms with E-state index >= 15 is 0 Å². The zero-order valence-corrected chi connectivity index (χ0v) is 12.1.